The average molecular weight is 305 g/mol. The molecule has 0 aromatic carbocycles. The molecule has 6 nitrogen and oxygen atoms in total. The zero-order valence-corrected chi connectivity index (χ0v) is 13.1. The number of aryl methyl sites for hydroxylation is 2. The van der Waals surface area contributed by atoms with Crippen LogP contribution in [-0.2, 0) is 13.1 Å². The standard InChI is InChI=1S/C14H17ClN6/c1-4-6-20-13(10-7-18-21(5-2)9(10)3)19-11-12(15)16-8-17-14(11)20/h7-8H,4-6H2,1-3H3. The van der Waals surface area contributed by atoms with Crippen molar-refractivity contribution >= 4 is 22.8 Å². The molecule has 0 amide bonds. The molecule has 0 aliphatic rings. The summed E-state index contributed by atoms with van der Waals surface area (Å²) in [5, 5.41) is 4.78. The highest BCUT2D eigenvalue weighted by Crippen LogP contribution is 2.28. The third-order valence-electron chi connectivity index (χ3n) is 3.58. The molecule has 3 heterocycles. The van der Waals surface area contributed by atoms with Crippen molar-refractivity contribution in [2.75, 3.05) is 0 Å². The lowest BCUT2D eigenvalue weighted by atomic mass is 10.2. The van der Waals surface area contributed by atoms with Gasteiger partial charge in [-0.15, -0.1) is 0 Å². The van der Waals surface area contributed by atoms with Gasteiger partial charge < -0.3 is 4.57 Å². The van der Waals surface area contributed by atoms with Gasteiger partial charge in [0.15, 0.2) is 10.8 Å². The Morgan fingerprint density at radius 2 is 2.05 bits per heavy atom. The normalized spacial score (nSPS) is 11.4. The van der Waals surface area contributed by atoms with Gasteiger partial charge in [-0.3, -0.25) is 4.68 Å². The maximum atomic E-state index is 6.15. The number of imidazole rings is 1. The van der Waals surface area contributed by atoms with E-state index < -0.39 is 0 Å². The van der Waals surface area contributed by atoms with E-state index in [4.69, 9.17) is 11.6 Å². The van der Waals surface area contributed by atoms with Crippen LogP contribution in [0.25, 0.3) is 22.6 Å². The van der Waals surface area contributed by atoms with Crippen LogP contribution in [0.4, 0.5) is 0 Å². The smallest absolute Gasteiger partial charge is 0.165 e. The second kappa shape index (κ2) is 5.44. The van der Waals surface area contributed by atoms with E-state index in [-0.39, 0.29) is 0 Å². The fourth-order valence-electron chi connectivity index (χ4n) is 2.53. The Morgan fingerprint density at radius 1 is 1.24 bits per heavy atom. The predicted octanol–water partition coefficient (Wildman–Crippen LogP) is 3.08. The highest BCUT2D eigenvalue weighted by atomic mass is 35.5. The van der Waals surface area contributed by atoms with E-state index in [0.29, 0.717) is 10.7 Å². The maximum absolute atomic E-state index is 6.15. The monoisotopic (exact) mass is 304 g/mol. The first-order valence-electron chi connectivity index (χ1n) is 7.06. The topological polar surface area (TPSA) is 61.4 Å². The SMILES string of the molecule is CCCn1c(-c2cnn(CC)c2C)nc2c(Cl)ncnc21. The van der Waals surface area contributed by atoms with Crippen LogP contribution in [0.15, 0.2) is 12.5 Å². The number of nitrogens with zero attached hydrogens (tertiary/aromatic N) is 6. The van der Waals surface area contributed by atoms with E-state index in [1.165, 1.54) is 6.33 Å². The number of halogens is 1. The van der Waals surface area contributed by atoms with Crippen molar-refractivity contribution in [3.05, 3.63) is 23.4 Å². The summed E-state index contributed by atoms with van der Waals surface area (Å²) in [7, 11) is 0. The zero-order chi connectivity index (χ0) is 15.0. The molecule has 0 aliphatic carbocycles. The fourth-order valence-corrected chi connectivity index (χ4v) is 2.71. The van der Waals surface area contributed by atoms with Crippen LogP contribution < -0.4 is 0 Å². The lowest BCUT2D eigenvalue weighted by molar-refractivity contribution is 0.639. The Bertz CT molecular complexity index is 788. The van der Waals surface area contributed by atoms with Gasteiger partial charge in [-0.1, -0.05) is 18.5 Å². The van der Waals surface area contributed by atoms with Gasteiger partial charge in [0, 0.05) is 18.8 Å². The van der Waals surface area contributed by atoms with E-state index in [2.05, 4.69) is 45.4 Å². The molecule has 0 saturated carbocycles. The Kier molecular flexibility index (Phi) is 3.63. The largest absolute Gasteiger partial charge is 0.308 e. The second-order valence-corrected chi connectivity index (χ2v) is 5.24. The second-order valence-electron chi connectivity index (χ2n) is 4.88. The van der Waals surface area contributed by atoms with Crippen LogP contribution in [0.1, 0.15) is 26.0 Å². The number of rotatable bonds is 4. The summed E-state index contributed by atoms with van der Waals surface area (Å²) in [5.41, 5.74) is 3.52. The van der Waals surface area contributed by atoms with Gasteiger partial charge >= 0.3 is 0 Å². The van der Waals surface area contributed by atoms with Crippen LogP contribution >= 0.6 is 11.6 Å². The molecule has 3 aromatic heterocycles. The molecule has 110 valence electrons. The van der Waals surface area contributed by atoms with E-state index >= 15 is 0 Å². The summed E-state index contributed by atoms with van der Waals surface area (Å²) in [6, 6.07) is 0. The van der Waals surface area contributed by atoms with Gasteiger partial charge in [0.1, 0.15) is 17.7 Å². The van der Waals surface area contributed by atoms with Gasteiger partial charge in [-0.25, -0.2) is 15.0 Å². The number of fused-ring (bicyclic) bond motifs is 1. The quantitative estimate of drug-likeness (QED) is 0.695. The molecule has 0 spiro atoms. The Balaban J connectivity index is 2.28. The molecule has 0 aliphatic heterocycles. The lowest BCUT2D eigenvalue weighted by Gasteiger charge is -2.07. The lowest BCUT2D eigenvalue weighted by Crippen LogP contribution is -2.02. The molecule has 3 rings (SSSR count). The maximum Gasteiger partial charge on any atom is 0.165 e. The first kappa shape index (κ1) is 14.0. The van der Waals surface area contributed by atoms with Crippen molar-refractivity contribution in [3.63, 3.8) is 0 Å². The summed E-state index contributed by atoms with van der Waals surface area (Å²) in [6.45, 7) is 7.91. The summed E-state index contributed by atoms with van der Waals surface area (Å²) >= 11 is 6.15. The highest BCUT2D eigenvalue weighted by Gasteiger charge is 2.19. The molecule has 0 radical (unpaired) electrons. The Labute approximate surface area is 127 Å². The van der Waals surface area contributed by atoms with Crippen molar-refractivity contribution < 1.29 is 0 Å². The van der Waals surface area contributed by atoms with Gasteiger partial charge in [0.05, 0.1) is 11.8 Å². The molecular weight excluding hydrogens is 288 g/mol. The first-order valence-corrected chi connectivity index (χ1v) is 7.44. The van der Waals surface area contributed by atoms with Crippen molar-refractivity contribution in [1.29, 1.82) is 0 Å². The van der Waals surface area contributed by atoms with E-state index in [1.807, 2.05) is 10.9 Å². The van der Waals surface area contributed by atoms with E-state index in [9.17, 15) is 0 Å². The molecule has 7 heteroatoms. The number of hydrogen-bond acceptors (Lipinski definition) is 4. The Morgan fingerprint density at radius 3 is 2.71 bits per heavy atom. The summed E-state index contributed by atoms with van der Waals surface area (Å²) < 4.78 is 4.05. The van der Waals surface area contributed by atoms with E-state index in [1.54, 1.807) is 0 Å². The minimum Gasteiger partial charge on any atom is -0.308 e. The van der Waals surface area contributed by atoms with Crippen LogP contribution in [-0.4, -0.2) is 29.3 Å². The third kappa shape index (κ3) is 2.19. The van der Waals surface area contributed by atoms with Crippen molar-refractivity contribution in [2.45, 2.75) is 40.3 Å². The summed E-state index contributed by atoms with van der Waals surface area (Å²) in [5.74, 6) is 0.853. The molecule has 3 aromatic rings. The molecule has 0 bridgehead atoms. The molecule has 21 heavy (non-hydrogen) atoms. The molecule has 0 fully saturated rings. The van der Waals surface area contributed by atoms with E-state index in [0.717, 1.165) is 42.2 Å². The number of aromatic nitrogens is 6. The zero-order valence-electron chi connectivity index (χ0n) is 12.3. The molecule has 0 N–H and O–H groups in total. The van der Waals surface area contributed by atoms with Crippen molar-refractivity contribution in [1.82, 2.24) is 29.3 Å². The van der Waals surface area contributed by atoms with Crippen molar-refractivity contribution in [3.8, 4) is 11.4 Å². The van der Waals surface area contributed by atoms with Crippen LogP contribution in [0.3, 0.4) is 0 Å². The van der Waals surface area contributed by atoms with Crippen LogP contribution in [0, 0.1) is 6.92 Å². The third-order valence-corrected chi connectivity index (χ3v) is 3.85. The van der Waals surface area contributed by atoms with Gasteiger partial charge in [-0.05, 0) is 20.3 Å². The van der Waals surface area contributed by atoms with Gasteiger partial charge in [-0.2, -0.15) is 5.10 Å². The molecule has 0 unspecified atom stereocenters. The van der Waals surface area contributed by atoms with Crippen LogP contribution in [0.2, 0.25) is 5.15 Å². The van der Waals surface area contributed by atoms with Gasteiger partial charge in [0.2, 0.25) is 0 Å². The molecule has 0 saturated heterocycles. The van der Waals surface area contributed by atoms with Gasteiger partial charge in [0.25, 0.3) is 0 Å². The van der Waals surface area contributed by atoms with Crippen LogP contribution in [0.5, 0.6) is 0 Å². The number of hydrogen-bond donors (Lipinski definition) is 0. The minimum absolute atomic E-state index is 0.386. The average Bonchev–Trinajstić information content (AvgIpc) is 3.02. The fraction of sp³-hybridized carbons (Fsp3) is 0.429. The van der Waals surface area contributed by atoms with Crippen molar-refractivity contribution in [2.24, 2.45) is 0 Å². The minimum atomic E-state index is 0.386. The molecule has 0 atom stereocenters. The summed E-state index contributed by atoms with van der Waals surface area (Å²) in [4.78, 5) is 13.0. The summed E-state index contributed by atoms with van der Waals surface area (Å²) in [6.07, 6.45) is 4.32. The first-order chi connectivity index (χ1) is 10.2. The molecular formula is C14H17ClN6. The Hall–Kier alpha value is -1.95. The highest BCUT2D eigenvalue weighted by molar-refractivity contribution is 6.33. The predicted molar refractivity (Wildman–Crippen MR) is 82.3 cm³/mol.